The van der Waals surface area contributed by atoms with E-state index in [1.54, 1.807) is 18.2 Å². The van der Waals surface area contributed by atoms with Gasteiger partial charge in [0.2, 0.25) is 0 Å². The maximum absolute atomic E-state index is 11.9. The van der Waals surface area contributed by atoms with E-state index in [1.807, 2.05) is 18.2 Å². The van der Waals surface area contributed by atoms with E-state index in [2.05, 4.69) is 14.9 Å². The number of fused-ring (bicyclic) bond motifs is 2. The van der Waals surface area contributed by atoms with Crippen LogP contribution in [0.15, 0.2) is 47.6 Å². The number of halogens is 1. The molecule has 0 radical (unpaired) electrons. The van der Waals surface area contributed by atoms with Gasteiger partial charge in [0.25, 0.3) is 0 Å². The summed E-state index contributed by atoms with van der Waals surface area (Å²) in [6.45, 7) is 1.50. The third kappa shape index (κ3) is 3.07. The van der Waals surface area contributed by atoms with Crippen LogP contribution in [0.5, 0.6) is 0 Å². The molecule has 0 saturated heterocycles. The minimum Gasteiger partial charge on any atom is -0.351 e. The maximum atomic E-state index is 11.9. The van der Waals surface area contributed by atoms with E-state index in [9.17, 15) is 8.42 Å². The number of aromatic nitrogens is 2. The van der Waals surface area contributed by atoms with Gasteiger partial charge < -0.3 is 4.90 Å². The van der Waals surface area contributed by atoms with Crippen molar-refractivity contribution in [2.45, 2.75) is 17.9 Å². The van der Waals surface area contributed by atoms with Crippen molar-refractivity contribution in [3.8, 4) is 0 Å². The number of rotatable bonds is 2. The highest BCUT2D eigenvalue weighted by molar-refractivity contribution is 7.90. The lowest BCUT2D eigenvalue weighted by Crippen LogP contribution is -2.31. The van der Waals surface area contributed by atoms with E-state index in [0.29, 0.717) is 6.54 Å². The molecule has 25 heavy (non-hydrogen) atoms. The van der Waals surface area contributed by atoms with Crippen LogP contribution in [-0.2, 0) is 22.8 Å². The summed E-state index contributed by atoms with van der Waals surface area (Å²) in [6.07, 6.45) is 3.60. The summed E-state index contributed by atoms with van der Waals surface area (Å²) in [5, 5.41) is 1.50. The van der Waals surface area contributed by atoms with Crippen LogP contribution in [0.2, 0.25) is 5.02 Å². The summed E-state index contributed by atoms with van der Waals surface area (Å²) in [7, 11) is -3.28. The fraction of sp³-hybridized carbons (Fsp3) is 0.222. The quantitative estimate of drug-likeness (QED) is 0.690. The third-order valence-corrected chi connectivity index (χ3v) is 5.84. The monoisotopic (exact) mass is 373 g/mol. The van der Waals surface area contributed by atoms with Gasteiger partial charge in [-0.15, -0.1) is 0 Å². The molecule has 0 fully saturated rings. The lowest BCUT2D eigenvalue weighted by molar-refractivity contribution is 0.602. The van der Waals surface area contributed by atoms with Crippen molar-refractivity contribution in [2.75, 3.05) is 17.7 Å². The smallest absolute Gasteiger partial charge is 0.175 e. The second-order valence-electron chi connectivity index (χ2n) is 6.23. The van der Waals surface area contributed by atoms with E-state index in [-0.39, 0.29) is 4.90 Å². The van der Waals surface area contributed by atoms with Crippen molar-refractivity contribution in [1.29, 1.82) is 0 Å². The molecule has 2 heterocycles. The van der Waals surface area contributed by atoms with Gasteiger partial charge in [0.05, 0.1) is 10.4 Å². The van der Waals surface area contributed by atoms with Crippen molar-refractivity contribution >= 4 is 38.2 Å². The largest absolute Gasteiger partial charge is 0.351 e. The van der Waals surface area contributed by atoms with Gasteiger partial charge in [0.1, 0.15) is 12.1 Å². The van der Waals surface area contributed by atoms with Gasteiger partial charge in [-0.25, -0.2) is 18.4 Å². The third-order valence-electron chi connectivity index (χ3n) is 4.49. The van der Waals surface area contributed by atoms with E-state index in [4.69, 9.17) is 11.6 Å². The zero-order chi connectivity index (χ0) is 17.6. The van der Waals surface area contributed by atoms with Crippen LogP contribution >= 0.6 is 11.6 Å². The van der Waals surface area contributed by atoms with Crippen LogP contribution in [0.3, 0.4) is 0 Å². The number of benzene rings is 2. The molecule has 1 aliphatic rings. The summed E-state index contributed by atoms with van der Waals surface area (Å²) >= 11 is 6.08. The topological polar surface area (TPSA) is 63.2 Å². The molecule has 0 bridgehead atoms. The van der Waals surface area contributed by atoms with Crippen LogP contribution in [-0.4, -0.2) is 31.2 Å². The van der Waals surface area contributed by atoms with Gasteiger partial charge in [-0.3, -0.25) is 0 Å². The first-order valence-electron chi connectivity index (χ1n) is 7.89. The normalized spacial score (nSPS) is 14.6. The molecule has 4 rings (SSSR count). The molecule has 0 aliphatic carbocycles. The highest BCUT2D eigenvalue weighted by Gasteiger charge is 2.20. The lowest BCUT2D eigenvalue weighted by atomic mass is 9.99. The second kappa shape index (κ2) is 5.97. The molecular formula is C18H16ClN3O2S. The summed E-state index contributed by atoms with van der Waals surface area (Å²) < 4.78 is 23.8. The van der Waals surface area contributed by atoms with E-state index < -0.39 is 9.84 Å². The molecule has 0 saturated carbocycles. The van der Waals surface area contributed by atoms with Crippen molar-refractivity contribution in [1.82, 2.24) is 9.97 Å². The SMILES string of the molecule is CS(=O)(=O)c1ccc2ncnc(N3CCc4cc(Cl)ccc4C3)c2c1. The van der Waals surface area contributed by atoms with Gasteiger partial charge in [-0.1, -0.05) is 17.7 Å². The number of hydrogen-bond acceptors (Lipinski definition) is 5. The number of hydrogen-bond donors (Lipinski definition) is 0. The van der Waals surface area contributed by atoms with Gasteiger partial charge in [-0.05, 0) is 47.9 Å². The van der Waals surface area contributed by atoms with Crippen molar-refractivity contribution in [2.24, 2.45) is 0 Å². The molecule has 5 nitrogen and oxygen atoms in total. The van der Waals surface area contributed by atoms with Crippen LogP contribution in [0.1, 0.15) is 11.1 Å². The maximum Gasteiger partial charge on any atom is 0.175 e. The first-order valence-corrected chi connectivity index (χ1v) is 10.2. The van der Waals surface area contributed by atoms with Crippen molar-refractivity contribution < 1.29 is 8.42 Å². The Labute approximate surface area is 151 Å². The van der Waals surface area contributed by atoms with Gasteiger partial charge >= 0.3 is 0 Å². The van der Waals surface area contributed by atoms with E-state index in [1.165, 1.54) is 23.7 Å². The van der Waals surface area contributed by atoms with E-state index in [0.717, 1.165) is 34.7 Å². The Bertz CT molecular complexity index is 1080. The Morgan fingerprint density at radius 2 is 1.92 bits per heavy atom. The fourth-order valence-corrected chi connectivity index (χ4v) is 4.05. The summed E-state index contributed by atoms with van der Waals surface area (Å²) in [5.74, 6) is 0.760. The average molecular weight is 374 g/mol. The zero-order valence-electron chi connectivity index (χ0n) is 13.6. The molecule has 3 aromatic rings. The molecule has 1 aliphatic heterocycles. The molecule has 0 atom stereocenters. The zero-order valence-corrected chi connectivity index (χ0v) is 15.2. The van der Waals surface area contributed by atoms with Gasteiger partial charge in [0.15, 0.2) is 9.84 Å². The molecule has 128 valence electrons. The molecule has 0 unspecified atom stereocenters. The van der Waals surface area contributed by atoms with Gasteiger partial charge in [-0.2, -0.15) is 0 Å². The number of nitrogens with zero attached hydrogens (tertiary/aromatic N) is 3. The second-order valence-corrected chi connectivity index (χ2v) is 8.69. The summed E-state index contributed by atoms with van der Waals surface area (Å²) in [6, 6.07) is 10.9. The number of sulfone groups is 1. The lowest BCUT2D eigenvalue weighted by Gasteiger charge is -2.30. The molecule has 0 spiro atoms. The van der Waals surface area contributed by atoms with E-state index >= 15 is 0 Å². The first kappa shape index (κ1) is 16.3. The molecule has 0 N–H and O–H groups in total. The average Bonchev–Trinajstić information content (AvgIpc) is 2.59. The van der Waals surface area contributed by atoms with Crippen molar-refractivity contribution in [3.63, 3.8) is 0 Å². The Hall–Kier alpha value is -2.18. The molecule has 0 amide bonds. The Kier molecular flexibility index (Phi) is 3.89. The van der Waals surface area contributed by atoms with Crippen LogP contribution in [0, 0.1) is 0 Å². The predicted molar refractivity (Wildman–Crippen MR) is 98.9 cm³/mol. The van der Waals surface area contributed by atoms with Crippen LogP contribution in [0.25, 0.3) is 10.9 Å². The molecule has 7 heteroatoms. The standard InChI is InChI=1S/C18H16ClN3O2S/c1-25(23,24)15-4-5-17-16(9-15)18(21-11-20-17)22-7-6-12-8-14(19)3-2-13(12)10-22/h2-5,8-9,11H,6-7,10H2,1H3. The van der Waals surface area contributed by atoms with Crippen LogP contribution < -0.4 is 4.90 Å². The van der Waals surface area contributed by atoms with Crippen molar-refractivity contribution in [3.05, 3.63) is 58.9 Å². The molecular weight excluding hydrogens is 358 g/mol. The minimum absolute atomic E-state index is 0.278. The summed E-state index contributed by atoms with van der Waals surface area (Å²) in [4.78, 5) is 11.1. The Balaban J connectivity index is 1.80. The first-order chi connectivity index (χ1) is 11.9. The summed E-state index contributed by atoms with van der Waals surface area (Å²) in [5.41, 5.74) is 3.19. The highest BCUT2D eigenvalue weighted by atomic mass is 35.5. The fourth-order valence-electron chi connectivity index (χ4n) is 3.21. The Morgan fingerprint density at radius 1 is 1.08 bits per heavy atom. The van der Waals surface area contributed by atoms with Gasteiger partial charge in [0, 0.05) is 29.8 Å². The molecule has 1 aromatic heterocycles. The highest BCUT2D eigenvalue weighted by Crippen LogP contribution is 2.30. The van der Waals surface area contributed by atoms with Crippen LogP contribution in [0.4, 0.5) is 5.82 Å². The Morgan fingerprint density at radius 3 is 2.72 bits per heavy atom. The minimum atomic E-state index is -3.28. The molecule has 2 aromatic carbocycles. The number of anilines is 1. The predicted octanol–water partition coefficient (Wildman–Crippen LogP) is 3.25.